The molecule has 0 saturated carbocycles. The van der Waals surface area contributed by atoms with Crippen LogP contribution in [0.1, 0.15) is 40.7 Å². The van der Waals surface area contributed by atoms with Gasteiger partial charge in [0.05, 0.1) is 6.10 Å². The number of nitrogens with one attached hydrogen (secondary N) is 1. The topological polar surface area (TPSA) is 105 Å². The van der Waals surface area contributed by atoms with E-state index in [4.69, 9.17) is 10.5 Å². The summed E-state index contributed by atoms with van der Waals surface area (Å²) in [5, 5.41) is 23.4. The van der Waals surface area contributed by atoms with Gasteiger partial charge in [0.25, 0.3) is 0 Å². The molecule has 3 aromatic rings. The van der Waals surface area contributed by atoms with Crippen LogP contribution in [-0.4, -0.2) is 35.6 Å². The third-order valence-corrected chi connectivity index (χ3v) is 6.15. The summed E-state index contributed by atoms with van der Waals surface area (Å²) in [7, 11) is 0. The zero-order chi connectivity index (χ0) is 22.7. The molecule has 0 aromatic heterocycles. The zero-order valence-corrected chi connectivity index (χ0v) is 18.0. The summed E-state index contributed by atoms with van der Waals surface area (Å²) in [6.45, 7) is 2.21. The second kappa shape index (κ2) is 9.42. The van der Waals surface area contributed by atoms with E-state index in [2.05, 4.69) is 29.6 Å². The fourth-order valence-corrected chi connectivity index (χ4v) is 4.33. The van der Waals surface area contributed by atoms with E-state index in [-0.39, 0.29) is 25.5 Å². The first-order valence-corrected chi connectivity index (χ1v) is 10.8. The fourth-order valence-electron chi connectivity index (χ4n) is 4.33. The predicted octanol–water partition coefficient (Wildman–Crippen LogP) is 3.90. The molecule has 0 radical (unpaired) electrons. The second-order valence-electron chi connectivity index (χ2n) is 8.11. The first-order chi connectivity index (χ1) is 15.5. The summed E-state index contributed by atoms with van der Waals surface area (Å²) in [6, 6.07) is 21.5. The van der Waals surface area contributed by atoms with Crippen molar-refractivity contribution in [3.8, 4) is 11.1 Å². The smallest absolute Gasteiger partial charge is 0.407 e. The van der Waals surface area contributed by atoms with Gasteiger partial charge in [-0.1, -0.05) is 60.7 Å². The number of amides is 1. The maximum absolute atomic E-state index is 12.2. The van der Waals surface area contributed by atoms with E-state index in [1.807, 2.05) is 24.3 Å². The van der Waals surface area contributed by atoms with Crippen LogP contribution in [0.25, 0.3) is 11.1 Å². The summed E-state index contributed by atoms with van der Waals surface area (Å²) < 4.78 is 5.49. The van der Waals surface area contributed by atoms with Gasteiger partial charge in [-0.05, 0) is 52.8 Å². The molecular formula is C26H28N2O4. The highest BCUT2D eigenvalue weighted by atomic mass is 16.5. The van der Waals surface area contributed by atoms with E-state index >= 15 is 0 Å². The van der Waals surface area contributed by atoms with Crippen LogP contribution in [0.5, 0.6) is 0 Å². The van der Waals surface area contributed by atoms with Gasteiger partial charge < -0.3 is 26.0 Å². The minimum Gasteiger partial charge on any atom is -0.449 e. The van der Waals surface area contributed by atoms with E-state index in [9.17, 15) is 15.0 Å². The molecule has 2 atom stereocenters. The highest BCUT2D eigenvalue weighted by Crippen LogP contribution is 2.44. The quantitative estimate of drug-likeness (QED) is 0.424. The minimum absolute atomic E-state index is 0.00734. The molecule has 1 aliphatic carbocycles. The number of ether oxygens (including phenoxy) is 1. The number of aliphatic hydroxyl groups is 2. The average Bonchev–Trinajstić information content (AvgIpc) is 3.13. The molecule has 6 nitrogen and oxygen atoms in total. The fraction of sp³-hybridized carbons (Fsp3) is 0.269. The van der Waals surface area contributed by atoms with Crippen molar-refractivity contribution in [1.82, 2.24) is 5.32 Å². The van der Waals surface area contributed by atoms with Crippen molar-refractivity contribution in [1.29, 1.82) is 0 Å². The Balaban J connectivity index is 1.29. The Bertz CT molecular complexity index is 1070. The normalized spacial score (nSPS) is 14.3. The summed E-state index contributed by atoms with van der Waals surface area (Å²) >= 11 is 0. The summed E-state index contributed by atoms with van der Waals surface area (Å²) in [6.07, 6.45) is -2.49. The maximum Gasteiger partial charge on any atom is 0.407 e. The number of hydrogen-bond acceptors (Lipinski definition) is 5. The van der Waals surface area contributed by atoms with E-state index in [0.717, 1.165) is 16.7 Å². The molecule has 6 heteroatoms. The van der Waals surface area contributed by atoms with Crippen LogP contribution < -0.4 is 11.1 Å². The number of nitrogen functional groups attached to an aromatic ring is 1. The first kappa shape index (κ1) is 21.9. The monoisotopic (exact) mass is 432 g/mol. The van der Waals surface area contributed by atoms with E-state index in [0.29, 0.717) is 11.3 Å². The summed E-state index contributed by atoms with van der Waals surface area (Å²) in [4.78, 5) is 12.2. The van der Waals surface area contributed by atoms with Gasteiger partial charge in [-0.3, -0.25) is 0 Å². The van der Waals surface area contributed by atoms with E-state index < -0.39 is 18.3 Å². The van der Waals surface area contributed by atoms with Crippen molar-refractivity contribution in [2.75, 3.05) is 18.9 Å². The number of benzene rings is 3. The second-order valence-corrected chi connectivity index (χ2v) is 8.11. The summed E-state index contributed by atoms with van der Waals surface area (Å²) in [5.74, 6) is -0.00734. The van der Waals surface area contributed by atoms with Crippen LogP contribution in [0.15, 0.2) is 66.7 Å². The molecule has 1 aliphatic rings. The molecule has 5 N–H and O–H groups in total. The third-order valence-electron chi connectivity index (χ3n) is 6.15. The van der Waals surface area contributed by atoms with E-state index in [1.165, 1.54) is 11.1 Å². The van der Waals surface area contributed by atoms with Gasteiger partial charge in [0.1, 0.15) is 12.7 Å². The van der Waals surface area contributed by atoms with Crippen molar-refractivity contribution in [2.24, 2.45) is 0 Å². The van der Waals surface area contributed by atoms with Crippen LogP contribution in [0.3, 0.4) is 0 Å². The van der Waals surface area contributed by atoms with Gasteiger partial charge in [-0.15, -0.1) is 0 Å². The van der Waals surface area contributed by atoms with Crippen molar-refractivity contribution in [3.63, 3.8) is 0 Å². The van der Waals surface area contributed by atoms with Crippen molar-refractivity contribution >= 4 is 11.8 Å². The van der Waals surface area contributed by atoms with Crippen LogP contribution >= 0.6 is 0 Å². The Hall–Kier alpha value is -3.35. The Labute approximate surface area is 187 Å². The lowest BCUT2D eigenvalue weighted by molar-refractivity contribution is 0.0133. The SMILES string of the molecule is Cc1c(N)cccc1C(O)C(O)CCNC(=O)OCC1c2ccccc2-c2ccccc21. The highest BCUT2D eigenvalue weighted by molar-refractivity contribution is 5.79. The molecule has 32 heavy (non-hydrogen) atoms. The largest absolute Gasteiger partial charge is 0.449 e. The van der Waals surface area contributed by atoms with E-state index in [1.54, 1.807) is 25.1 Å². The average molecular weight is 433 g/mol. The van der Waals surface area contributed by atoms with Gasteiger partial charge in [0, 0.05) is 18.2 Å². The zero-order valence-electron chi connectivity index (χ0n) is 18.0. The number of anilines is 1. The van der Waals surface area contributed by atoms with Gasteiger partial charge in [-0.2, -0.15) is 0 Å². The molecule has 3 aromatic carbocycles. The molecule has 166 valence electrons. The number of carbonyl (C=O) groups excluding carboxylic acids is 1. The van der Waals surface area contributed by atoms with Crippen molar-refractivity contribution < 1.29 is 19.7 Å². The number of aliphatic hydroxyl groups excluding tert-OH is 2. The van der Waals surface area contributed by atoms with Crippen LogP contribution in [0.4, 0.5) is 10.5 Å². The number of hydrogen-bond donors (Lipinski definition) is 4. The Morgan fingerprint density at radius 1 is 1.00 bits per heavy atom. The highest BCUT2D eigenvalue weighted by Gasteiger charge is 2.29. The molecule has 0 saturated heterocycles. The number of fused-ring (bicyclic) bond motifs is 3. The molecule has 0 bridgehead atoms. The first-order valence-electron chi connectivity index (χ1n) is 10.8. The van der Waals surface area contributed by atoms with Crippen LogP contribution in [0.2, 0.25) is 0 Å². The molecule has 1 amide bonds. The van der Waals surface area contributed by atoms with Gasteiger partial charge in [0.2, 0.25) is 0 Å². The molecule has 0 aliphatic heterocycles. The van der Waals surface area contributed by atoms with Gasteiger partial charge >= 0.3 is 6.09 Å². The number of nitrogens with two attached hydrogens (primary N) is 1. The number of carbonyl (C=O) groups is 1. The molecular weight excluding hydrogens is 404 g/mol. The Kier molecular flexibility index (Phi) is 6.44. The lowest BCUT2D eigenvalue weighted by atomic mass is 9.97. The predicted molar refractivity (Wildman–Crippen MR) is 124 cm³/mol. The van der Waals surface area contributed by atoms with Crippen molar-refractivity contribution in [2.45, 2.75) is 31.5 Å². The van der Waals surface area contributed by atoms with Crippen LogP contribution in [-0.2, 0) is 4.74 Å². The third kappa shape index (κ3) is 4.33. The maximum atomic E-state index is 12.2. The molecule has 0 heterocycles. The van der Waals surface area contributed by atoms with Gasteiger partial charge in [-0.25, -0.2) is 4.79 Å². The minimum atomic E-state index is -1.08. The Morgan fingerprint density at radius 2 is 1.62 bits per heavy atom. The molecule has 4 rings (SSSR count). The lowest BCUT2D eigenvalue weighted by Crippen LogP contribution is -2.30. The lowest BCUT2D eigenvalue weighted by Gasteiger charge is -2.21. The molecule has 0 fully saturated rings. The van der Waals surface area contributed by atoms with Crippen molar-refractivity contribution in [3.05, 3.63) is 89.0 Å². The Morgan fingerprint density at radius 3 is 2.28 bits per heavy atom. The summed E-state index contributed by atoms with van der Waals surface area (Å²) in [5.41, 5.74) is 12.4. The standard InChI is InChI=1S/C26H28N2O4/c1-16-17(11-6-12-23(16)27)25(30)24(29)13-14-28-26(31)32-15-22-20-9-4-2-7-18(20)19-8-3-5-10-21(19)22/h2-12,22,24-25,29-30H,13-15,27H2,1H3,(H,28,31). The van der Waals surface area contributed by atoms with Gasteiger partial charge in [0.15, 0.2) is 0 Å². The molecule has 0 spiro atoms. The van der Waals surface area contributed by atoms with Crippen LogP contribution in [0, 0.1) is 6.92 Å². The number of alkyl carbamates (subject to hydrolysis) is 1. The molecule has 2 unspecified atom stereocenters. The number of rotatable bonds is 7.